The number of hydrogen-bond donors (Lipinski definition) is 0. The van der Waals surface area contributed by atoms with Gasteiger partial charge in [-0.05, 0) is 252 Å². The lowest BCUT2D eigenvalue weighted by Gasteiger charge is -2.41. The molecule has 0 heteroatoms. The van der Waals surface area contributed by atoms with Crippen molar-refractivity contribution >= 4 is 0 Å². The third-order valence-electron chi connectivity index (χ3n) is 25.5. The van der Waals surface area contributed by atoms with E-state index >= 15 is 0 Å². The molecule has 0 aliphatic heterocycles. The van der Waals surface area contributed by atoms with Crippen molar-refractivity contribution in [1.29, 1.82) is 0 Å². The van der Waals surface area contributed by atoms with E-state index < -0.39 is 0 Å². The van der Waals surface area contributed by atoms with Gasteiger partial charge in [0.15, 0.2) is 0 Å². The number of hydrogen-bond acceptors (Lipinski definition) is 0. The molecule has 0 radical (unpaired) electrons. The molecule has 0 aromatic rings. The van der Waals surface area contributed by atoms with Crippen LogP contribution in [0.25, 0.3) is 0 Å². The molecule has 604 valence electrons. The summed E-state index contributed by atoms with van der Waals surface area (Å²) < 4.78 is 0. The van der Waals surface area contributed by atoms with Crippen LogP contribution < -0.4 is 0 Å². The average Bonchev–Trinajstić information content (AvgIpc) is 0.810. The SMILES string of the molecule is C=CCCCCCCCCC(=C(C)C(C)(CCCCCCCCC=C)CCCCCCCCC=C)C(CCCCCCCCC=C)CCCC(CCCCCCC)(CCCCC(C)C(C)C=C)C(CCCCC(C=CC)CC)=C(CCCC=CC(C)(C)CCCCCCCC=C)CCCCC(C)C=C. The topological polar surface area (TPSA) is 0 Å². The zero-order valence-electron chi connectivity index (χ0n) is 72.9. The van der Waals surface area contributed by atoms with E-state index in [4.69, 9.17) is 0 Å². The van der Waals surface area contributed by atoms with Gasteiger partial charge in [0.1, 0.15) is 0 Å². The van der Waals surface area contributed by atoms with Crippen molar-refractivity contribution in [3.8, 4) is 0 Å². The zero-order chi connectivity index (χ0) is 76.7. The Bertz CT molecular complexity index is 2100. The molecule has 6 atom stereocenters. The lowest BCUT2D eigenvalue weighted by Crippen LogP contribution is -2.27. The maximum absolute atomic E-state index is 4.31. The van der Waals surface area contributed by atoms with E-state index in [0.29, 0.717) is 29.6 Å². The van der Waals surface area contributed by atoms with E-state index in [-0.39, 0.29) is 16.2 Å². The van der Waals surface area contributed by atoms with Crippen LogP contribution in [0.4, 0.5) is 0 Å². The van der Waals surface area contributed by atoms with Crippen molar-refractivity contribution in [1.82, 2.24) is 0 Å². The summed E-state index contributed by atoms with van der Waals surface area (Å²) in [5.41, 5.74) is 8.51. The van der Waals surface area contributed by atoms with Crippen LogP contribution in [-0.2, 0) is 0 Å². The molecule has 104 heavy (non-hydrogen) atoms. The Kier molecular flexibility index (Phi) is 69.8. The van der Waals surface area contributed by atoms with Crippen LogP contribution in [-0.4, -0.2) is 0 Å². The molecule has 0 heterocycles. The number of unbranched alkanes of at least 4 members (excludes halogenated alkanes) is 37. The Morgan fingerprint density at radius 2 is 0.760 bits per heavy atom. The van der Waals surface area contributed by atoms with E-state index in [2.05, 4.69) is 182 Å². The quantitative estimate of drug-likeness (QED) is 0.0421. The largest absolute Gasteiger partial charge is 0.103 e. The first-order chi connectivity index (χ1) is 50.6. The molecule has 0 saturated carbocycles. The van der Waals surface area contributed by atoms with Crippen LogP contribution in [0.15, 0.2) is 135 Å². The molecule has 0 rings (SSSR count). The van der Waals surface area contributed by atoms with Crippen LogP contribution in [0.2, 0.25) is 0 Å². The molecule has 0 bridgehead atoms. The van der Waals surface area contributed by atoms with Gasteiger partial charge in [0.25, 0.3) is 0 Å². The van der Waals surface area contributed by atoms with Crippen LogP contribution in [0.5, 0.6) is 0 Å². The maximum Gasteiger partial charge on any atom is -0.00854 e. The standard InChI is InChI=1S/C104H188/c1-18-28-34-40-45-49-54-61-80-98(100(84-63-55-50-46-41-35-29-19-2)96(14)103(17,88-71-58-52-47-42-36-30-20-3)89-72-59-53-48-43-37-31-21-4)83-75-92-104(90-73-56-39-33-23-6,91-74-68-78-95(13)94(12)26-9)101(85-67-65-79-97(27-10)76-24-7)99(82-66-64-77-93(11)25-8)81-62-60-70-87-102(15,16)86-69-57-51-44-38-32-22-5/h18-22,24-26,70,76,87,93-95,97-98H,1-5,8-9,23,27-69,71-75,77-86,88-92H2,6-7,10-17H3. The highest BCUT2D eigenvalue weighted by atomic mass is 14.4. The van der Waals surface area contributed by atoms with Gasteiger partial charge in [0, 0.05) is 0 Å². The summed E-state index contributed by atoms with van der Waals surface area (Å²) in [5, 5.41) is 0. The van der Waals surface area contributed by atoms with Crippen molar-refractivity contribution in [2.45, 2.75) is 480 Å². The smallest absolute Gasteiger partial charge is 0.00854 e. The molecule has 0 nitrogen and oxygen atoms in total. The second kappa shape index (κ2) is 71.7. The Balaban J connectivity index is 8.82. The van der Waals surface area contributed by atoms with E-state index in [9.17, 15) is 0 Å². The van der Waals surface area contributed by atoms with Crippen molar-refractivity contribution in [2.75, 3.05) is 0 Å². The molecule has 0 spiro atoms. The molecule has 0 saturated heterocycles. The Labute approximate surface area is 657 Å². The van der Waals surface area contributed by atoms with Gasteiger partial charge in [-0.2, -0.15) is 0 Å². The minimum Gasteiger partial charge on any atom is -0.103 e. The second-order valence-corrected chi connectivity index (χ2v) is 35.3. The molecule has 0 aromatic heterocycles. The second-order valence-electron chi connectivity index (χ2n) is 35.3. The molecule has 0 fully saturated rings. The Morgan fingerprint density at radius 1 is 0.365 bits per heavy atom. The van der Waals surface area contributed by atoms with Crippen LogP contribution in [0.3, 0.4) is 0 Å². The van der Waals surface area contributed by atoms with Crippen molar-refractivity contribution in [3.05, 3.63) is 135 Å². The zero-order valence-corrected chi connectivity index (χ0v) is 72.9. The molecule has 0 aromatic carbocycles. The first kappa shape index (κ1) is 101. The molecular formula is C104H188. The summed E-state index contributed by atoms with van der Waals surface area (Å²) in [6.07, 6.45) is 111. The fourth-order valence-corrected chi connectivity index (χ4v) is 17.7. The van der Waals surface area contributed by atoms with Crippen LogP contribution in [0.1, 0.15) is 480 Å². The summed E-state index contributed by atoms with van der Waals surface area (Å²) in [5.74, 6) is 3.19. The first-order valence-electron chi connectivity index (χ1n) is 46.6. The van der Waals surface area contributed by atoms with E-state index in [1.54, 1.807) is 0 Å². The lowest BCUT2D eigenvalue weighted by molar-refractivity contribution is 0.226. The first-order valence-corrected chi connectivity index (χ1v) is 46.6. The van der Waals surface area contributed by atoms with Gasteiger partial charge in [-0.1, -0.05) is 363 Å². The van der Waals surface area contributed by atoms with Crippen LogP contribution in [0, 0.1) is 45.8 Å². The third-order valence-corrected chi connectivity index (χ3v) is 25.5. The summed E-state index contributed by atoms with van der Waals surface area (Å²) in [7, 11) is 0. The highest BCUT2D eigenvalue weighted by molar-refractivity contribution is 5.25. The van der Waals surface area contributed by atoms with Crippen LogP contribution >= 0.6 is 0 Å². The summed E-state index contributed by atoms with van der Waals surface area (Å²) in [6.45, 7) is 53.8. The van der Waals surface area contributed by atoms with Gasteiger partial charge >= 0.3 is 0 Å². The van der Waals surface area contributed by atoms with Gasteiger partial charge in [0.05, 0.1) is 0 Å². The third kappa shape index (κ3) is 54.7. The van der Waals surface area contributed by atoms with Gasteiger partial charge in [-0.15, -0.1) is 46.1 Å². The van der Waals surface area contributed by atoms with Crippen molar-refractivity contribution in [2.24, 2.45) is 45.8 Å². The monoisotopic (exact) mass is 1440 g/mol. The lowest BCUT2D eigenvalue weighted by atomic mass is 9.64. The number of rotatable bonds is 82. The van der Waals surface area contributed by atoms with E-state index in [0.717, 1.165) is 6.42 Å². The summed E-state index contributed by atoms with van der Waals surface area (Å²) in [6, 6.07) is 0. The van der Waals surface area contributed by atoms with Gasteiger partial charge < -0.3 is 0 Å². The molecule has 6 unspecified atom stereocenters. The van der Waals surface area contributed by atoms with E-state index in [1.807, 2.05) is 22.3 Å². The van der Waals surface area contributed by atoms with Gasteiger partial charge in [-0.3, -0.25) is 0 Å². The van der Waals surface area contributed by atoms with Gasteiger partial charge in [0.2, 0.25) is 0 Å². The Morgan fingerprint density at radius 3 is 1.25 bits per heavy atom. The fraction of sp³-hybridized carbons (Fsp3) is 0.788. The molecule has 0 N–H and O–H groups in total. The van der Waals surface area contributed by atoms with E-state index in [1.165, 1.54) is 405 Å². The van der Waals surface area contributed by atoms with Crippen molar-refractivity contribution in [3.63, 3.8) is 0 Å². The molecule has 0 amide bonds. The minimum absolute atomic E-state index is 0.243. The molecule has 0 aliphatic carbocycles. The highest BCUT2D eigenvalue weighted by Crippen LogP contribution is 2.51. The average molecular weight is 1440 g/mol. The summed E-state index contributed by atoms with van der Waals surface area (Å²) >= 11 is 0. The fourth-order valence-electron chi connectivity index (χ4n) is 17.7. The number of allylic oxidation sites excluding steroid dienone is 15. The van der Waals surface area contributed by atoms with Gasteiger partial charge in [-0.25, -0.2) is 0 Å². The Hall–Kier alpha value is -2.86. The minimum atomic E-state index is 0.243. The van der Waals surface area contributed by atoms with Crippen molar-refractivity contribution < 1.29 is 0 Å². The molecule has 0 aliphatic rings. The predicted molar refractivity (Wildman–Crippen MR) is 481 cm³/mol. The molecular weight excluding hydrogens is 1250 g/mol. The maximum atomic E-state index is 4.31. The summed E-state index contributed by atoms with van der Waals surface area (Å²) in [4.78, 5) is 0. The normalized spacial score (nSPS) is 14.8. The highest BCUT2D eigenvalue weighted by Gasteiger charge is 2.36. The predicted octanol–water partition coefficient (Wildman–Crippen LogP) is 37.2.